The summed E-state index contributed by atoms with van der Waals surface area (Å²) in [5.74, 6) is 0.164. The van der Waals surface area contributed by atoms with Crippen LogP contribution in [0.15, 0.2) is 63.7 Å². The fourth-order valence-corrected chi connectivity index (χ4v) is 1.67. The summed E-state index contributed by atoms with van der Waals surface area (Å²) in [6, 6.07) is 12.4. The van der Waals surface area contributed by atoms with Gasteiger partial charge in [-0.2, -0.15) is 10.2 Å². The molecule has 0 radical (unpaired) electrons. The standard InChI is InChI=1S/C12H10N2O3S.Na.H/c15-11-5-1-9(2-6-11)13-14-10-3-7-12(8-4-10)18(16)17;;/h1-8,15,18H;;/b14-13+;;. The van der Waals surface area contributed by atoms with E-state index in [1.54, 1.807) is 24.3 Å². The second-order valence-electron chi connectivity index (χ2n) is 3.49. The fourth-order valence-electron chi connectivity index (χ4n) is 1.28. The van der Waals surface area contributed by atoms with Gasteiger partial charge in [-0.15, -0.1) is 0 Å². The van der Waals surface area contributed by atoms with Gasteiger partial charge in [-0.1, -0.05) is 0 Å². The van der Waals surface area contributed by atoms with Crippen molar-refractivity contribution in [1.82, 2.24) is 0 Å². The van der Waals surface area contributed by atoms with E-state index in [-0.39, 0.29) is 40.2 Å². The number of phenolic OH excluding ortho intramolecular Hbond substituents is 1. The summed E-state index contributed by atoms with van der Waals surface area (Å²) in [4.78, 5) is 0.244. The number of azo groups is 1. The summed E-state index contributed by atoms with van der Waals surface area (Å²) in [5.41, 5.74) is 1.16. The molecule has 5 nitrogen and oxygen atoms in total. The molecule has 0 spiro atoms. The predicted molar refractivity (Wildman–Crippen MR) is 74.5 cm³/mol. The molecule has 0 fully saturated rings. The van der Waals surface area contributed by atoms with Gasteiger partial charge in [0.15, 0.2) is 10.7 Å². The SMILES string of the molecule is O=[SH](=O)c1ccc(/N=N/c2ccc(O)cc2)cc1.[NaH]. The molecule has 2 rings (SSSR count). The molecule has 7 heteroatoms. The maximum absolute atomic E-state index is 10.7. The van der Waals surface area contributed by atoms with Crippen LogP contribution >= 0.6 is 0 Å². The molecule has 2 aromatic carbocycles. The normalized spacial score (nSPS) is 10.6. The van der Waals surface area contributed by atoms with E-state index in [0.717, 1.165) is 0 Å². The van der Waals surface area contributed by atoms with Gasteiger partial charge in [-0.3, -0.25) is 0 Å². The first-order valence-electron chi connectivity index (χ1n) is 5.10. The van der Waals surface area contributed by atoms with Gasteiger partial charge in [-0.05, 0) is 48.5 Å². The number of hydrogen-bond acceptors (Lipinski definition) is 5. The van der Waals surface area contributed by atoms with E-state index in [9.17, 15) is 8.42 Å². The molecule has 0 aliphatic rings. The molecular weight excluding hydrogens is 275 g/mol. The summed E-state index contributed by atoms with van der Waals surface area (Å²) in [7, 11) is -2.56. The molecule has 19 heavy (non-hydrogen) atoms. The summed E-state index contributed by atoms with van der Waals surface area (Å²) in [5, 5.41) is 17.0. The van der Waals surface area contributed by atoms with Crippen LogP contribution in [0.5, 0.6) is 5.75 Å². The molecular formula is C12H11N2NaO3S. The Hall–Kier alpha value is -1.21. The van der Waals surface area contributed by atoms with Crippen molar-refractivity contribution in [3.8, 4) is 5.75 Å². The molecule has 1 N–H and O–H groups in total. The van der Waals surface area contributed by atoms with Crippen LogP contribution in [0.2, 0.25) is 0 Å². The third-order valence-corrected chi connectivity index (χ3v) is 2.91. The van der Waals surface area contributed by atoms with Crippen molar-refractivity contribution in [1.29, 1.82) is 0 Å². The number of aromatic hydroxyl groups is 1. The predicted octanol–water partition coefficient (Wildman–Crippen LogP) is 2.13. The first kappa shape index (κ1) is 15.8. The van der Waals surface area contributed by atoms with Gasteiger partial charge >= 0.3 is 29.6 Å². The molecule has 0 aliphatic heterocycles. The summed E-state index contributed by atoms with van der Waals surface area (Å²) in [6.07, 6.45) is 0. The number of hydrogen-bond donors (Lipinski definition) is 2. The van der Waals surface area contributed by atoms with Crippen LogP contribution in [0, 0.1) is 0 Å². The Morgan fingerprint density at radius 3 is 1.63 bits per heavy atom. The monoisotopic (exact) mass is 286 g/mol. The van der Waals surface area contributed by atoms with Gasteiger partial charge < -0.3 is 5.11 Å². The molecule has 0 heterocycles. The number of phenols is 1. The summed E-state index contributed by atoms with van der Waals surface area (Å²) < 4.78 is 21.4. The van der Waals surface area contributed by atoms with Crippen LogP contribution in [0.1, 0.15) is 0 Å². The van der Waals surface area contributed by atoms with Crippen LogP contribution in [0.3, 0.4) is 0 Å². The molecule has 0 saturated heterocycles. The topological polar surface area (TPSA) is 79.1 Å². The number of nitrogens with zero attached hydrogens (tertiary/aromatic N) is 2. The molecule has 0 unspecified atom stereocenters. The Bertz CT molecular complexity index is 629. The first-order chi connectivity index (χ1) is 8.65. The first-order valence-corrected chi connectivity index (χ1v) is 6.28. The van der Waals surface area contributed by atoms with Crippen molar-refractivity contribution in [2.75, 3.05) is 0 Å². The van der Waals surface area contributed by atoms with Crippen LogP contribution in [-0.4, -0.2) is 43.1 Å². The Morgan fingerprint density at radius 1 is 0.789 bits per heavy atom. The molecule has 0 aliphatic carbocycles. The van der Waals surface area contributed by atoms with Crippen LogP contribution < -0.4 is 0 Å². The minimum atomic E-state index is -2.56. The van der Waals surface area contributed by atoms with Crippen molar-refractivity contribution < 1.29 is 13.5 Å². The van der Waals surface area contributed by atoms with Crippen molar-refractivity contribution in [3.63, 3.8) is 0 Å². The number of rotatable bonds is 3. The zero-order valence-electron chi connectivity index (χ0n) is 9.22. The van der Waals surface area contributed by atoms with Crippen molar-refractivity contribution in [2.45, 2.75) is 4.90 Å². The van der Waals surface area contributed by atoms with Gasteiger partial charge in [-0.25, -0.2) is 8.42 Å². The van der Waals surface area contributed by atoms with E-state index in [1.807, 2.05) is 0 Å². The quantitative estimate of drug-likeness (QED) is 0.515. The van der Waals surface area contributed by atoms with Gasteiger partial charge in [0.25, 0.3) is 0 Å². The van der Waals surface area contributed by atoms with E-state index in [0.29, 0.717) is 11.4 Å². The average Bonchev–Trinajstić information content (AvgIpc) is 2.38. The summed E-state index contributed by atoms with van der Waals surface area (Å²) in [6.45, 7) is 0. The average molecular weight is 286 g/mol. The van der Waals surface area contributed by atoms with E-state index in [2.05, 4.69) is 10.2 Å². The summed E-state index contributed by atoms with van der Waals surface area (Å²) >= 11 is 0. The van der Waals surface area contributed by atoms with Gasteiger partial charge in [0.2, 0.25) is 0 Å². The second-order valence-corrected chi connectivity index (χ2v) is 4.52. The molecule has 94 valence electrons. The number of thiol groups is 1. The Balaban J connectivity index is 0.00000180. The van der Waals surface area contributed by atoms with Crippen molar-refractivity contribution in [2.24, 2.45) is 10.2 Å². The zero-order valence-corrected chi connectivity index (χ0v) is 10.1. The third-order valence-electron chi connectivity index (χ3n) is 2.19. The van der Waals surface area contributed by atoms with E-state index < -0.39 is 10.7 Å². The second kappa shape index (κ2) is 7.40. The Kier molecular flexibility index (Phi) is 6.17. The van der Waals surface area contributed by atoms with Crippen molar-refractivity contribution in [3.05, 3.63) is 48.5 Å². The van der Waals surface area contributed by atoms with E-state index in [4.69, 9.17) is 5.11 Å². The molecule has 0 bridgehead atoms. The van der Waals surface area contributed by atoms with Crippen molar-refractivity contribution >= 4 is 51.6 Å². The molecule has 0 amide bonds. The van der Waals surface area contributed by atoms with Crippen LogP contribution in [0.4, 0.5) is 11.4 Å². The van der Waals surface area contributed by atoms with E-state index in [1.165, 1.54) is 24.3 Å². The minimum absolute atomic E-state index is 0. The molecule has 0 aromatic heterocycles. The molecule has 2 aromatic rings. The maximum atomic E-state index is 10.7. The van der Waals surface area contributed by atoms with Gasteiger partial charge in [0.05, 0.1) is 16.3 Å². The van der Waals surface area contributed by atoms with E-state index >= 15 is 0 Å². The Labute approximate surface area is 134 Å². The van der Waals surface area contributed by atoms with Crippen LogP contribution in [-0.2, 0) is 10.7 Å². The van der Waals surface area contributed by atoms with Gasteiger partial charge in [0, 0.05) is 0 Å². The third kappa shape index (κ3) is 4.76. The number of benzene rings is 2. The molecule has 0 atom stereocenters. The molecule has 0 saturated carbocycles. The fraction of sp³-hybridized carbons (Fsp3) is 0. The zero-order chi connectivity index (χ0) is 13.0. The van der Waals surface area contributed by atoms with Gasteiger partial charge in [0.1, 0.15) is 5.75 Å². The Morgan fingerprint density at radius 2 is 1.21 bits per heavy atom. The van der Waals surface area contributed by atoms with Crippen LogP contribution in [0.25, 0.3) is 0 Å².